The fraction of sp³-hybridized carbons (Fsp3) is 0.333. The minimum Gasteiger partial charge on any atom is -0.394 e. The van der Waals surface area contributed by atoms with Gasteiger partial charge in [-0.3, -0.25) is 9.89 Å². The summed E-state index contributed by atoms with van der Waals surface area (Å²) < 4.78 is 0. The molecule has 22 heavy (non-hydrogen) atoms. The number of halogens is 1. The van der Waals surface area contributed by atoms with E-state index in [1.165, 1.54) is 0 Å². The number of carbonyl (C=O) groups is 1. The van der Waals surface area contributed by atoms with Crippen molar-refractivity contribution in [3.63, 3.8) is 0 Å². The van der Waals surface area contributed by atoms with Crippen molar-refractivity contribution in [3.05, 3.63) is 41.0 Å². The molecule has 1 aromatic carbocycles. The molecule has 1 aromatic heterocycles. The van der Waals surface area contributed by atoms with Gasteiger partial charge in [-0.15, -0.1) is 0 Å². The Balaban J connectivity index is 2.03. The van der Waals surface area contributed by atoms with Gasteiger partial charge in [-0.25, -0.2) is 0 Å². The molecule has 0 aliphatic heterocycles. The van der Waals surface area contributed by atoms with Gasteiger partial charge < -0.3 is 10.4 Å². The van der Waals surface area contributed by atoms with Crippen LogP contribution in [0.4, 0.5) is 0 Å². The first-order valence-corrected chi connectivity index (χ1v) is 8.63. The molecular weight excluding hydrogens is 322 g/mol. The summed E-state index contributed by atoms with van der Waals surface area (Å²) in [5, 5.41) is 19.6. The van der Waals surface area contributed by atoms with Crippen molar-refractivity contribution in [3.8, 4) is 11.3 Å². The van der Waals surface area contributed by atoms with E-state index in [0.29, 0.717) is 16.4 Å². The van der Waals surface area contributed by atoms with Crippen molar-refractivity contribution >= 4 is 29.3 Å². The highest BCUT2D eigenvalue weighted by molar-refractivity contribution is 7.98. The summed E-state index contributed by atoms with van der Waals surface area (Å²) in [5.41, 5.74) is 1.92. The first-order chi connectivity index (χ1) is 10.6. The molecule has 2 aromatic rings. The number of hydrogen-bond acceptors (Lipinski definition) is 4. The molecule has 0 aliphatic rings. The van der Waals surface area contributed by atoms with Gasteiger partial charge in [-0.2, -0.15) is 16.9 Å². The Morgan fingerprint density at radius 1 is 1.45 bits per heavy atom. The quantitative estimate of drug-likeness (QED) is 0.724. The molecule has 1 amide bonds. The van der Waals surface area contributed by atoms with Crippen LogP contribution in [0.1, 0.15) is 16.9 Å². The molecule has 0 fully saturated rings. The minimum atomic E-state index is -0.270. The number of rotatable bonds is 7. The lowest BCUT2D eigenvalue weighted by atomic mass is 10.1. The molecule has 3 N–H and O–H groups in total. The third-order valence-electron chi connectivity index (χ3n) is 3.19. The van der Waals surface area contributed by atoms with Crippen molar-refractivity contribution in [2.45, 2.75) is 12.5 Å². The Bertz CT molecular complexity index is 616. The number of H-pyrrole nitrogens is 1. The van der Waals surface area contributed by atoms with Crippen LogP contribution >= 0.6 is 23.4 Å². The molecule has 1 heterocycles. The Morgan fingerprint density at radius 2 is 2.18 bits per heavy atom. The molecule has 2 rings (SSSR count). The van der Waals surface area contributed by atoms with E-state index in [0.717, 1.165) is 17.7 Å². The fourth-order valence-electron chi connectivity index (χ4n) is 1.94. The number of aliphatic hydroxyl groups is 1. The highest BCUT2D eigenvalue weighted by Crippen LogP contribution is 2.20. The van der Waals surface area contributed by atoms with E-state index in [2.05, 4.69) is 15.5 Å². The second-order valence-electron chi connectivity index (χ2n) is 4.81. The predicted octanol–water partition coefficient (Wildman–Crippen LogP) is 2.57. The highest BCUT2D eigenvalue weighted by atomic mass is 35.5. The average molecular weight is 340 g/mol. The highest BCUT2D eigenvalue weighted by Gasteiger charge is 2.15. The smallest absolute Gasteiger partial charge is 0.269 e. The van der Waals surface area contributed by atoms with Crippen LogP contribution in [0.5, 0.6) is 0 Å². The maximum Gasteiger partial charge on any atom is 0.269 e. The molecule has 0 saturated heterocycles. The third-order valence-corrected chi connectivity index (χ3v) is 4.08. The van der Waals surface area contributed by atoms with Crippen molar-refractivity contribution in [2.24, 2.45) is 0 Å². The number of nitrogens with zero attached hydrogens (tertiary/aromatic N) is 1. The lowest BCUT2D eigenvalue weighted by Crippen LogP contribution is -2.38. The summed E-state index contributed by atoms with van der Waals surface area (Å²) in [5.74, 6) is 0.609. The Hall–Kier alpha value is -1.50. The first kappa shape index (κ1) is 16.9. The van der Waals surface area contributed by atoms with Crippen molar-refractivity contribution < 1.29 is 9.90 Å². The summed E-state index contributed by atoms with van der Waals surface area (Å²) in [4.78, 5) is 12.2. The van der Waals surface area contributed by atoms with E-state index in [-0.39, 0.29) is 18.6 Å². The topological polar surface area (TPSA) is 78.0 Å². The lowest BCUT2D eigenvalue weighted by molar-refractivity contribution is 0.0910. The number of aromatic amines is 1. The fourth-order valence-corrected chi connectivity index (χ4v) is 2.59. The van der Waals surface area contributed by atoms with Gasteiger partial charge in [0.2, 0.25) is 0 Å². The largest absolute Gasteiger partial charge is 0.394 e. The molecule has 0 aliphatic carbocycles. The van der Waals surface area contributed by atoms with Gasteiger partial charge in [-0.1, -0.05) is 23.7 Å². The monoisotopic (exact) mass is 339 g/mol. The van der Waals surface area contributed by atoms with Gasteiger partial charge in [0.15, 0.2) is 0 Å². The summed E-state index contributed by atoms with van der Waals surface area (Å²) in [6, 6.07) is 8.67. The van der Waals surface area contributed by atoms with Gasteiger partial charge in [-0.05, 0) is 36.6 Å². The van der Waals surface area contributed by atoms with Crippen LogP contribution in [-0.4, -0.2) is 45.9 Å². The number of thioether (sulfide) groups is 1. The molecule has 7 heteroatoms. The van der Waals surface area contributed by atoms with Crippen LogP contribution < -0.4 is 5.32 Å². The van der Waals surface area contributed by atoms with E-state index in [9.17, 15) is 9.90 Å². The number of aromatic nitrogens is 2. The molecule has 0 unspecified atom stereocenters. The number of hydrogen-bond donors (Lipinski definition) is 3. The predicted molar refractivity (Wildman–Crippen MR) is 90.4 cm³/mol. The lowest BCUT2D eigenvalue weighted by Gasteiger charge is -2.14. The Morgan fingerprint density at radius 3 is 2.82 bits per heavy atom. The summed E-state index contributed by atoms with van der Waals surface area (Å²) >= 11 is 7.53. The van der Waals surface area contributed by atoms with E-state index in [1.54, 1.807) is 30.0 Å². The van der Waals surface area contributed by atoms with Crippen LogP contribution in [0, 0.1) is 0 Å². The molecular formula is C15H18ClN3O2S. The van der Waals surface area contributed by atoms with Gasteiger partial charge in [0.05, 0.1) is 18.3 Å². The molecule has 0 bridgehead atoms. The van der Waals surface area contributed by atoms with Crippen molar-refractivity contribution in [1.29, 1.82) is 0 Å². The number of benzene rings is 1. The SMILES string of the molecule is CSCC[C@@H](CO)NC(=O)c1cc(-c2ccc(Cl)cc2)n[nH]1. The molecule has 5 nitrogen and oxygen atoms in total. The van der Waals surface area contributed by atoms with E-state index in [1.807, 2.05) is 18.4 Å². The summed E-state index contributed by atoms with van der Waals surface area (Å²) in [6.45, 7) is -0.0789. The zero-order valence-corrected chi connectivity index (χ0v) is 13.7. The zero-order chi connectivity index (χ0) is 15.9. The average Bonchev–Trinajstić information content (AvgIpc) is 3.02. The van der Waals surface area contributed by atoms with Gasteiger partial charge >= 0.3 is 0 Å². The number of nitrogens with one attached hydrogen (secondary N) is 2. The van der Waals surface area contributed by atoms with E-state index < -0.39 is 0 Å². The van der Waals surface area contributed by atoms with Crippen LogP contribution in [0.15, 0.2) is 30.3 Å². The molecule has 1 atom stereocenters. The first-order valence-electron chi connectivity index (χ1n) is 6.86. The van der Waals surface area contributed by atoms with Crippen molar-refractivity contribution in [1.82, 2.24) is 15.5 Å². The Kier molecular flexibility index (Phi) is 6.30. The molecule has 118 valence electrons. The van der Waals surface area contributed by atoms with Gasteiger partial charge in [0.1, 0.15) is 5.69 Å². The Labute approximate surface area is 138 Å². The maximum atomic E-state index is 12.2. The van der Waals surface area contributed by atoms with Gasteiger partial charge in [0.25, 0.3) is 5.91 Å². The number of aliphatic hydroxyl groups excluding tert-OH is 1. The molecule has 0 spiro atoms. The minimum absolute atomic E-state index is 0.0789. The van der Waals surface area contributed by atoms with Crippen LogP contribution in [-0.2, 0) is 0 Å². The van der Waals surface area contributed by atoms with Crippen LogP contribution in [0.25, 0.3) is 11.3 Å². The van der Waals surface area contributed by atoms with Gasteiger partial charge in [0, 0.05) is 10.6 Å². The van der Waals surface area contributed by atoms with E-state index >= 15 is 0 Å². The maximum absolute atomic E-state index is 12.2. The van der Waals surface area contributed by atoms with Crippen LogP contribution in [0.3, 0.4) is 0 Å². The second kappa shape index (κ2) is 8.22. The number of carbonyl (C=O) groups excluding carboxylic acids is 1. The summed E-state index contributed by atoms with van der Waals surface area (Å²) in [7, 11) is 0. The second-order valence-corrected chi connectivity index (χ2v) is 6.23. The summed E-state index contributed by atoms with van der Waals surface area (Å²) in [6.07, 6.45) is 2.71. The van der Waals surface area contributed by atoms with Crippen molar-refractivity contribution in [2.75, 3.05) is 18.6 Å². The number of amides is 1. The zero-order valence-electron chi connectivity index (χ0n) is 12.2. The molecule has 0 radical (unpaired) electrons. The normalized spacial score (nSPS) is 12.1. The molecule has 0 saturated carbocycles. The van der Waals surface area contributed by atoms with E-state index in [4.69, 9.17) is 11.6 Å². The third kappa shape index (κ3) is 4.50. The standard InChI is InChI=1S/C15H18ClN3O2S/c1-22-7-6-12(9-20)17-15(21)14-8-13(18-19-14)10-2-4-11(16)5-3-10/h2-5,8,12,20H,6-7,9H2,1H3,(H,17,21)(H,18,19)/t12-/m0/s1. The van der Waals surface area contributed by atoms with Crippen LogP contribution in [0.2, 0.25) is 5.02 Å².